The van der Waals surface area contributed by atoms with Crippen molar-refractivity contribution in [2.24, 2.45) is 11.7 Å². The third-order valence-electron chi connectivity index (χ3n) is 2.84. The van der Waals surface area contributed by atoms with Gasteiger partial charge in [-0.1, -0.05) is 19.1 Å². The van der Waals surface area contributed by atoms with Gasteiger partial charge in [-0.15, -0.1) is 0 Å². The number of halogens is 1. The summed E-state index contributed by atoms with van der Waals surface area (Å²) in [4.78, 5) is 0. The normalized spacial score (nSPS) is 14.4. The van der Waals surface area contributed by atoms with Gasteiger partial charge in [0.25, 0.3) is 0 Å². The van der Waals surface area contributed by atoms with Crippen LogP contribution in [0.3, 0.4) is 0 Å². The van der Waals surface area contributed by atoms with Crippen molar-refractivity contribution in [2.45, 2.75) is 39.2 Å². The summed E-state index contributed by atoms with van der Waals surface area (Å²) in [5.41, 5.74) is 6.99. The van der Waals surface area contributed by atoms with Gasteiger partial charge in [0, 0.05) is 6.04 Å². The van der Waals surface area contributed by atoms with Crippen LogP contribution < -0.4 is 10.5 Å². The summed E-state index contributed by atoms with van der Waals surface area (Å²) in [6.45, 7) is 3.49. The summed E-state index contributed by atoms with van der Waals surface area (Å²) >= 11 is 0. The van der Waals surface area contributed by atoms with E-state index >= 15 is 0 Å². The molecule has 2 N–H and O–H groups in total. The molecule has 0 aliphatic carbocycles. The number of nitrogens with two attached hydrogens (primary N) is 1. The Balaban J connectivity index is 2.40. The maximum absolute atomic E-state index is 11.9. The lowest BCUT2D eigenvalue weighted by Crippen LogP contribution is -2.16. The van der Waals surface area contributed by atoms with Gasteiger partial charge in [0.15, 0.2) is 0 Å². The largest absolute Gasteiger partial charge is 0.463 e. The molecule has 0 radical (unpaired) electrons. The summed E-state index contributed by atoms with van der Waals surface area (Å²) in [7, 11) is 0. The summed E-state index contributed by atoms with van der Waals surface area (Å²) in [5.74, 6) is 1.20. The monoisotopic (exact) mass is 239 g/mol. The van der Waals surface area contributed by atoms with Crippen molar-refractivity contribution >= 4 is 0 Å². The molecule has 1 aromatic carbocycles. The van der Waals surface area contributed by atoms with Crippen molar-refractivity contribution in [3.8, 4) is 5.75 Å². The molecule has 0 saturated carbocycles. The van der Waals surface area contributed by atoms with E-state index in [-0.39, 0.29) is 6.04 Å². The Bertz CT molecular complexity index is 311. The number of benzene rings is 1. The quantitative estimate of drug-likeness (QED) is 0.792. The van der Waals surface area contributed by atoms with E-state index in [0.717, 1.165) is 19.3 Å². The molecule has 1 rings (SSSR count). The lowest BCUT2D eigenvalue weighted by atomic mass is 9.95. The summed E-state index contributed by atoms with van der Waals surface area (Å²) in [5, 5.41) is 0. The average molecular weight is 239 g/mol. The fourth-order valence-electron chi connectivity index (χ4n) is 1.84. The molecule has 0 fully saturated rings. The molecule has 96 valence electrons. The number of alkyl halides is 1. The van der Waals surface area contributed by atoms with Crippen LogP contribution in [0.25, 0.3) is 0 Å². The van der Waals surface area contributed by atoms with Gasteiger partial charge in [0.1, 0.15) is 5.75 Å². The van der Waals surface area contributed by atoms with E-state index in [9.17, 15) is 4.39 Å². The number of hydrogen-bond donors (Lipinski definition) is 1. The van der Waals surface area contributed by atoms with Crippen LogP contribution in [-0.2, 0) is 6.42 Å². The van der Waals surface area contributed by atoms with Gasteiger partial charge in [-0.3, -0.25) is 0 Å². The SMILES string of the molecule is C[C@H](CC[C@H](C)N)Cc1ccc(OCF)cc1. The van der Waals surface area contributed by atoms with Crippen molar-refractivity contribution in [3.63, 3.8) is 0 Å². The van der Waals surface area contributed by atoms with Gasteiger partial charge >= 0.3 is 0 Å². The first-order chi connectivity index (χ1) is 8.11. The Morgan fingerprint density at radius 3 is 2.35 bits per heavy atom. The molecular formula is C14H22FNO. The van der Waals surface area contributed by atoms with Crippen LogP contribution in [0.4, 0.5) is 4.39 Å². The molecule has 0 aliphatic rings. The fraction of sp³-hybridized carbons (Fsp3) is 0.571. The second-order valence-electron chi connectivity index (χ2n) is 4.76. The van der Waals surface area contributed by atoms with E-state index in [1.54, 1.807) is 0 Å². The lowest BCUT2D eigenvalue weighted by molar-refractivity contribution is 0.191. The maximum Gasteiger partial charge on any atom is 0.228 e. The molecule has 2 atom stereocenters. The van der Waals surface area contributed by atoms with Gasteiger partial charge in [-0.2, -0.15) is 0 Å². The fourth-order valence-corrected chi connectivity index (χ4v) is 1.84. The van der Waals surface area contributed by atoms with Crippen molar-refractivity contribution in [1.29, 1.82) is 0 Å². The highest BCUT2D eigenvalue weighted by Gasteiger charge is 2.05. The first-order valence-electron chi connectivity index (χ1n) is 6.15. The van der Waals surface area contributed by atoms with Crippen LogP contribution in [0.1, 0.15) is 32.3 Å². The molecule has 0 heterocycles. The molecule has 0 unspecified atom stereocenters. The summed E-state index contributed by atoms with van der Waals surface area (Å²) in [6.07, 6.45) is 3.23. The van der Waals surface area contributed by atoms with Crippen LogP contribution >= 0.6 is 0 Å². The Morgan fingerprint density at radius 1 is 1.18 bits per heavy atom. The minimum atomic E-state index is -0.774. The highest BCUT2D eigenvalue weighted by molar-refractivity contribution is 5.27. The van der Waals surface area contributed by atoms with E-state index in [2.05, 4.69) is 6.92 Å². The van der Waals surface area contributed by atoms with Crippen LogP contribution in [0.2, 0.25) is 0 Å². The smallest absolute Gasteiger partial charge is 0.228 e. The highest BCUT2D eigenvalue weighted by Crippen LogP contribution is 2.17. The third-order valence-corrected chi connectivity index (χ3v) is 2.84. The van der Waals surface area contributed by atoms with Crippen LogP contribution in [0.15, 0.2) is 24.3 Å². The van der Waals surface area contributed by atoms with E-state index in [1.165, 1.54) is 5.56 Å². The predicted octanol–water partition coefficient (Wildman–Crippen LogP) is 3.30. The molecule has 1 aromatic rings. The van der Waals surface area contributed by atoms with Crippen molar-refractivity contribution in [2.75, 3.05) is 6.86 Å². The molecule has 2 nitrogen and oxygen atoms in total. The van der Waals surface area contributed by atoms with Gasteiger partial charge in [0.05, 0.1) is 0 Å². The zero-order valence-corrected chi connectivity index (χ0v) is 10.7. The van der Waals surface area contributed by atoms with Gasteiger partial charge in [0.2, 0.25) is 6.86 Å². The van der Waals surface area contributed by atoms with E-state index in [1.807, 2.05) is 31.2 Å². The zero-order valence-electron chi connectivity index (χ0n) is 10.7. The predicted molar refractivity (Wildman–Crippen MR) is 68.8 cm³/mol. The number of ether oxygens (including phenoxy) is 1. The second kappa shape index (κ2) is 7.28. The van der Waals surface area contributed by atoms with Crippen molar-refractivity contribution in [3.05, 3.63) is 29.8 Å². The minimum Gasteiger partial charge on any atom is -0.463 e. The highest BCUT2D eigenvalue weighted by atomic mass is 19.1. The van der Waals surface area contributed by atoms with Crippen LogP contribution in [0.5, 0.6) is 5.75 Å². The average Bonchev–Trinajstić information content (AvgIpc) is 2.29. The molecule has 0 bridgehead atoms. The van der Waals surface area contributed by atoms with E-state index < -0.39 is 6.86 Å². The topological polar surface area (TPSA) is 35.2 Å². The number of hydrogen-bond acceptors (Lipinski definition) is 2. The lowest BCUT2D eigenvalue weighted by Gasteiger charge is -2.13. The van der Waals surface area contributed by atoms with Crippen LogP contribution in [-0.4, -0.2) is 12.9 Å². The first kappa shape index (κ1) is 14.0. The Hall–Kier alpha value is -1.09. The molecule has 0 spiro atoms. The molecular weight excluding hydrogens is 217 g/mol. The first-order valence-corrected chi connectivity index (χ1v) is 6.15. The number of rotatable bonds is 7. The minimum absolute atomic E-state index is 0.276. The Labute approximate surface area is 103 Å². The van der Waals surface area contributed by atoms with Crippen molar-refractivity contribution < 1.29 is 9.13 Å². The van der Waals surface area contributed by atoms with Gasteiger partial charge < -0.3 is 10.5 Å². The van der Waals surface area contributed by atoms with Gasteiger partial charge in [-0.05, 0) is 49.8 Å². The molecule has 0 aromatic heterocycles. The third kappa shape index (κ3) is 5.68. The maximum atomic E-state index is 11.9. The molecule has 0 aliphatic heterocycles. The summed E-state index contributed by atoms with van der Waals surface area (Å²) < 4.78 is 16.7. The molecule has 3 heteroatoms. The molecule has 0 amide bonds. The Kier molecular flexibility index (Phi) is 5.98. The van der Waals surface area contributed by atoms with Gasteiger partial charge in [-0.25, -0.2) is 4.39 Å². The van der Waals surface area contributed by atoms with E-state index in [4.69, 9.17) is 10.5 Å². The van der Waals surface area contributed by atoms with Crippen molar-refractivity contribution in [1.82, 2.24) is 0 Å². The standard InChI is InChI=1S/C14H22FNO/c1-11(3-4-12(2)16)9-13-5-7-14(8-6-13)17-10-15/h5-8,11-12H,3-4,9-10,16H2,1-2H3/t11-,12+/m1/s1. The van der Waals surface area contributed by atoms with Crippen LogP contribution in [0, 0.1) is 5.92 Å². The summed E-state index contributed by atoms with van der Waals surface area (Å²) in [6, 6.07) is 7.89. The molecule has 0 saturated heterocycles. The zero-order chi connectivity index (χ0) is 12.7. The van der Waals surface area contributed by atoms with E-state index in [0.29, 0.717) is 11.7 Å². The molecule has 17 heavy (non-hydrogen) atoms. The Morgan fingerprint density at radius 2 is 1.82 bits per heavy atom. The second-order valence-corrected chi connectivity index (χ2v) is 4.76.